The Bertz CT molecular complexity index is 615. The van der Waals surface area contributed by atoms with Gasteiger partial charge in [-0.25, -0.2) is 4.79 Å². The van der Waals surface area contributed by atoms with E-state index in [4.69, 9.17) is 0 Å². The van der Waals surface area contributed by atoms with E-state index in [0.717, 1.165) is 18.7 Å². The summed E-state index contributed by atoms with van der Waals surface area (Å²) in [5.41, 5.74) is 3.41. The van der Waals surface area contributed by atoms with Gasteiger partial charge in [-0.1, -0.05) is 18.2 Å². The van der Waals surface area contributed by atoms with E-state index >= 15 is 0 Å². The van der Waals surface area contributed by atoms with Crippen molar-refractivity contribution in [3.05, 3.63) is 59.9 Å². The van der Waals surface area contributed by atoms with Crippen LogP contribution in [0.5, 0.6) is 0 Å². The minimum Gasteiger partial charge on any atom is -0.370 e. The zero-order chi connectivity index (χ0) is 16.5. The minimum absolute atomic E-state index is 0.158. The van der Waals surface area contributed by atoms with Crippen LogP contribution in [0.3, 0.4) is 0 Å². The van der Waals surface area contributed by atoms with Crippen molar-refractivity contribution in [2.24, 2.45) is 0 Å². The number of aryl methyl sites for hydroxylation is 1. The molecule has 23 heavy (non-hydrogen) atoms. The van der Waals surface area contributed by atoms with Crippen LogP contribution in [0.25, 0.3) is 0 Å². The van der Waals surface area contributed by atoms with Crippen molar-refractivity contribution in [1.82, 2.24) is 15.6 Å². The van der Waals surface area contributed by atoms with Gasteiger partial charge in [-0.3, -0.25) is 4.98 Å². The van der Waals surface area contributed by atoms with E-state index in [-0.39, 0.29) is 6.03 Å². The van der Waals surface area contributed by atoms with Crippen molar-refractivity contribution in [2.75, 3.05) is 24.5 Å². The third-order valence-electron chi connectivity index (χ3n) is 3.59. The molecule has 0 bridgehead atoms. The number of nitrogens with one attached hydrogen (secondary N) is 2. The standard InChI is InChI=1S/C18H24N4O/c1-3-22(17-8-4-6-15(2)12-17)11-10-20-18(23)21-14-16-7-5-9-19-13-16/h4-9,12-13H,3,10-11,14H2,1-2H3,(H2,20,21,23). The summed E-state index contributed by atoms with van der Waals surface area (Å²) in [5, 5.41) is 5.72. The number of pyridine rings is 1. The second-order valence-corrected chi connectivity index (χ2v) is 5.39. The van der Waals surface area contributed by atoms with E-state index in [1.807, 2.05) is 12.1 Å². The topological polar surface area (TPSA) is 57.3 Å². The summed E-state index contributed by atoms with van der Waals surface area (Å²) in [4.78, 5) is 18.1. The smallest absolute Gasteiger partial charge is 0.315 e. The van der Waals surface area contributed by atoms with E-state index in [0.29, 0.717) is 13.1 Å². The maximum Gasteiger partial charge on any atom is 0.315 e. The summed E-state index contributed by atoms with van der Waals surface area (Å²) < 4.78 is 0. The number of carbonyl (C=O) groups excluding carboxylic acids is 1. The lowest BCUT2D eigenvalue weighted by molar-refractivity contribution is 0.240. The van der Waals surface area contributed by atoms with Gasteiger partial charge in [0.2, 0.25) is 0 Å². The van der Waals surface area contributed by atoms with Crippen molar-refractivity contribution in [3.8, 4) is 0 Å². The second-order valence-electron chi connectivity index (χ2n) is 5.39. The Morgan fingerprint density at radius 3 is 2.78 bits per heavy atom. The molecule has 2 amide bonds. The lowest BCUT2D eigenvalue weighted by Gasteiger charge is -2.23. The van der Waals surface area contributed by atoms with Crippen molar-refractivity contribution in [3.63, 3.8) is 0 Å². The third kappa shape index (κ3) is 5.62. The molecule has 5 nitrogen and oxygen atoms in total. The first-order chi connectivity index (χ1) is 11.2. The van der Waals surface area contributed by atoms with Gasteiger partial charge in [0.25, 0.3) is 0 Å². The Morgan fingerprint density at radius 1 is 1.22 bits per heavy atom. The van der Waals surface area contributed by atoms with Gasteiger partial charge in [0.05, 0.1) is 0 Å². The van der Waals surface area contributed by atoms with Gasteiger partial charge in [-0.2, -0.15) is 0 Å². The van der Waals surface area contributed by atoms with Gasteiger partial charge in [0, 0.05) is 44.3 Å². The molecule has 5 heteroatoms. The molecule has 0 saturated heterocycles. The molecule has 0 atom stereocenters. The monoisotopic (exact) mass is 312 g/mol. The lowest BCUT2D eigenvalue weighted by atomic mass is 10.2. The number of amides is 2. The number of hydrogen-bond donors (Lipinski definition) is 2. The normalized spacial score (nSPS) is 10.2. The first-order valence-electron chi connectivity index (χ1n) is 7.91. The molecule has 2 N–H and O–H groups in total. The van der Waals surface area contributed by atoms with Crippen molar-refractivity contribution in [1.29, 1.82) is 0 Å². The third-order valence-corrected chi connectivity index (χ3v) is 3.59. The molecule has 0 unspecified atom stereocenters. The molecule has 0 radical (unpaired) electrons. The lowest BCUT2D eigenvalue weighted by Crippen LogP contribution is -2.40. The first-order valence-corrected chi connectivity index (χ1v) is 7.91. The molecular weight excluding hydrogens is 288 g/mol. The van der Waals surface area contributed by atoms with E-state index in [1.54, 1.807) is 12.4 Å². The van der Waals surface area contributed by atoms with Crippen molar-refractivity contribution in [2.45, 2.75) is 20.4 Å². The minimum atomic E-state index is -0.158. The molecule has 0 aliphatic heterocycles. The van der Waals surface area contributed by atoms with Gasteiger partial charge < -0.3 is 15.5 Å². The summed E-state index contributed by atoms with van der Waals surface area (Å²) in [6, 6.07) is 12.0. The van der Waals surface area contributed by atoms with Gasteiger partial charge in [0.1, 0.15) is 0 Å². The zero-order valence-electron chi connectivity index (χ0n) is 13.7. The number of likely N-dealkylation sites (N-methyl/N-ethyl adjacent to an activating group) is 1. The number of rotatable bonds is 7. The molecule has 0 aliphatic carbocycles. The highest BCUT2D eigenvalue weighted by Crippen LogP contribution is 2.14. The molecule has 2 rings (SSSR count). The van der Waals surface area contributed by atoms with Crippen LogP contribution in [-0.2, 0) is 6.54 Å². The van der Waals surface area contributed by atoms with Gasteiger partial charge in [-0.15, -0.1) is 0 Å². The summed E-state index contributed by atoms with van der Waals surface area (Å²) >= 11 is 0. The summed E-state index contributed by atoms with van der Waals surface area (Å²) in [6.07, 6.45) is 3.46. The van der Waals surface area contributed by atoms with Crippen LogP contribution >= 0.6 is 0 Å². The van der Waals surface area contributed by atoms with E-state index < -0.39 is 0 Å². The Balaban J connectivity index is 1.73. The fraction of sp³-hybridized carbons (Fsp3) is 0.333. The Hall–Kier alpha value is -2.56. The number of aromatic nitrogens is 1. The number of anilines is 1. The number of hydrogen-bond acceptors (Lipinski definition) is 3. The van der Waals surface area contributed by atoms with Crippen LogP contribution in [0, 0.1) is 6.92 Å². The quantitative estimate of drug-likeness (QED) is 0.826. The van der Waals surface area contributed by atoms with Crippen LogP contribution in [0.4, 0.5) is 10.5 Å². The number of benzene rings is 1. The molecule has 0 saturated carbocycles. The first kappa shape index (κ1) is 16.8. The van der Waals surface area contributed by atoms with E-state index in [2.05, 4.69) is 58.6 Å². The SMILES string of the molecule is CCN(CCNC(=O)NCc1cccnc1)c1cccc(C)c1. The van der Waals surface area contributed by atoms with E-state index in [1.165, 1.54) is 11.3 Å². The fourth-order valence-corrected chi connectivity index (χ4v) is 2.35. The van der Waals surface area contributed by atoms with E-state index in [9.17, 15) is 4.79 Å². The molecule has 122 valence electrons. The molecule has 2 aromatic rings. The Labute approximate surface area is 137 Å². The fourth-order valence-electron chi connectivity index (χ4n) is 2.35. The summed E-state index contributed by atoms with van der Waals surface area (Å²) in [6.45, 7) is 6.96. The summed E-state index contributed by atoms with van der Waals surface area (Å²) in [5.74, 6) is 0. The van der Waals surface area contributed by atoms with Crippen LogP contribution in [0.2, 0.25) is 0 Å². The second kappa shape index (κ2) is 8.78. The molecule has 1 aromatic heterocycles. The zero-order valence-corrected chi connectivity index (χ0v) is 13.7. The molecule has 1 aromatic carbocycles. The molecule has 0 aliphatic rings. The van der Waals surface area contributed by atoms with Crippen LogP contribution in [0.1, 0.15) is 18.1 Å². The van der Waals surface area contributed by atoms with Gasteiger partial charge in [-0.05, 0) is 43.2 Å². The van der Waals surface area contributed by atoms with Crippen LogP contribution in [-0.4, -0.2) is 30.6 Å². The highest BCUT2D eigenvalue weighted by Gasteiger charge is 2.05. The number of nitrogens with zero attached hydrogens (tertiary/aromatic N) is 2. The predicted molar refractivity (Wildman–Crippen MR) is 93.5 cm³/mol. The average Bonchev–Trinajstić information content (AvgIpc) is 2.58. The van der Waals surface area contributed by atoms with Crippen LogP contribution < -0.4 is 15.5 Å². The van der Waals surface area contributed by atoms with Crippen LogP contribution in [0.15, 0.2) is 48.8 Å². The van der Waals surface area contributed by atoms with Crippen molar-refractivity contribution < 1.29 is 4.79 Å². The average molecular weight is 312 g/mol. The van der Waals surface area contributed by atoms with Gasteiger partial charge in [0.15, 0.2) is 0 Å². The molecular formula is C18H24N4O. The molecule has 0 spiro atoms. The number of carbonyl (C=O) groups is 1. The van der Waals surface area contributed by atoms with Crippen molar-refractivity contribution >= 4 is 11.7 Å². The summed E-state index contributed by atoms with van der Waals surface area (Å²) in [7, 11) is 0. The highest BCUT2D eigenvalue weighted by atomic mass is 16.2. The largest absolute Gasteiger partial charge is 0.370 e. The number of urea groups is 1. The highest BCUT2D eigenvalue weighted by molar-refractivity contribution is 5.73. The molecule has 0 fully saturated rings. The Morgan fingerprint density at radius 2 is 2.09 bits per heavy atom. The predicted octanol–water partition coefficient (Wildman–Crippen LogP) is 2.72. The maximum atomic E-state index is 11.8. The molecule has 1 heterocycles. The Kier molecular flexibility index (Phi) is 6.41. The van der Waals surface area contributed by atoms with Gasteiger partial charge >= 0.3 is 6.03 Å². The maximum absolute atomic E-state index is 11.8.